The molecule has 2 aliphatic rings. The summed E-state index contributed by atoms with van der Waals surface area (Å²) in [4.78, 5) is 4.25. The number of ether oxygens (including phenoxy) is 3. The van der Waals surface area contributed by atoms with Crippen molar-refractivity contribution >= 4 is 0 Å². The first-order valence-electron chi connectivity index (χ1n) is 7.78. The first-order chi connectivity index (χ1) is 10.2. The van der Waals surface area contributed by atoms with E-state index in [-0.39, 0.29) is 0 Å². The molecule has 1 aromatic rings. The number of fused-ring (bicyclic) bond motifs is 6. The van der Waals surface area contributed by atoms with E-state index in [1.165, 1.54) is 0 Å². The number of hydrogen-bond donors (Lipinski definition) is 0. The van der Waals surface area contributed by atoms with Crippen molar-refractivity contribution in [1.29, 1.82) is 0 Å². The van der Waals surface area contributed by atoms with Gasteiger partial charge in [0.1, 0.15) is 11.5 Å². The standard InChI is InChI=1S/C16H26N2O3/c1-5-17(6-2)15-19-13-9-11-14(12-10-13)20-16(21-15)18(7-3)8-4/h9-12,15-16H,5-8H2,1-4H3. The maximum atomic E-state index is 6.13. The molecule has 0 spiro atoms. The van der Waals surface area contributed by atoms with E-state index in [4.69, 9.17) is 14.2 Å². The predicted molar refractivity (Wildman–Crippen MR) is 82.2 cm³/mol. The van der Waals surface area contributed by atoms with Gasteiger partial charge in [0.2, 0.25) is 0 Å². The molecular formula is C16H26N2O3. The van der Waals surface area contributed by atoms with Crippen molar-refractivity contribution < 1.29 is 14.2 Å². The lowest BCUT2D eigenvalue weighted by molar-refractivity contribution is -0.283. The van der Waals surface area contributed by atoms with Gasteiger partial charge in [0.15, 0.2) is 0 Å². The van der Waals surface area contributed by atoms with Crippen molar-refractivity contribution in [2.45, 2.75) is 40.5 Å². The van der Waals surface area contributed by atoms with Crippen LogP contribution in [0.25, 0.3) is 0 Å². The third-order valence-electron chi connectivity index (χ3n) is 3.75. The molecule has 0 saturated heterocycles. The van der Waals surface area contributed by atoms with Gasteiger partial charge in [-0.15, -0.1) is 0 Å². The average Bonchev–Trinajstić information content (AvgIpc) is 2.64. The molecule has 2 bridgehead atoms. The Morgan fingerprint density at radius 1 is 0.714 bits per heavy atom. The summed E-state index contributed by atoms with van der Waals surface area (Å²) in [6.45, 7) is 11.8. The third kappa shape index (κ3) is 3.87. The van der Waals surface area contributed by atoms with E-state index in [9.17, 15) is 0 Å². The van der Waals surface area contributed by atoms with Crippen LogP contribution in [-0.4, -0.2) is 48.8 Å². The Bertz CT molecular complexity index is 377. The van der Waals surface area contributed by atoms with E-state index < -0.39 is 12.8 Å². The van der Waals surface area contributed by atoms with Gasteiger partial charge in [0.25, 0.3) is 12.8 Å². The predicted octanol–water partition coefficient (Wildman–Crippen LogP) is 2.73. The van der Waals surface area contributed by atoms with Gasteiger partial charge in [-0.3, -0.25) is 4.74 Å². The minimum Gasteiger partial charge on any atom is -0.451 e. The van der Waals surface area contributed by atoms with E-state index in [2.05, 4.69) is 37.5 Å². The first-order valence-corrected chi connectivity index (χ1v) is 7.78. The summed E-state index contributed by atoms with van der Waals surface area (Å²) in [5, 5.41) is 0. The molecule has 21 heavy (non-hydrogen) atoms. The second-order valence-electron chi connectivity index (χ2n) is 4.90. The Morgan fingerprint density at radius 2 is 1.05 bits per heavy atom. The quantitative estimate of drug-likeness (QED) is 0.806. The summed E-state index contributed by atoms with van der Waals surface area (Å²) in [5.41, 5.74) is 0. The maximum Gasteiger partial charge on any atom is 0.266 e. The van der Waals surface area contributed by atoms with Gasteiger partial charge in [0.05, 0.1) is 0 Å². The molecule has 0 aliphatic carbocycles. The van der Waals surface area contributed by atoms with Gasteiger partial charge in [-0.25, -0.2) is 9.80 Å². The van der Waals surface area contributed by atoms with Crippen LogP contribution < -0.4 is 9.47 Å². The summed E-state index contributed by atoms with van der Waals surface area (Å²) in [5.74, 6) is 1.58. The van der Waals surface area contributed by atoms with Crippen molar-refractivity contribution in [3.63, 3.8) is 0 Å². The molecule has 0 aromatic heterocycles. The lowest BCUT2D eigenvalue weighted by atomic mass is 10.3. The van der Waals surface area contributed by atoms with Gasteiger partial charge in [-0.2, -0.15) is 0 Å². The molecule has 2 heterocycles. The third-order valence-corrected chi connectivity index (χ3v) is 3.75. The fourth-order valence-electron chi connectivity index (χ4n) is 2.35. The molecule has 5 nitrogen and oxygen atoms in total. The SMILES string of the molecule is CCN(CC)C1Oc2ccc(cc2)OC(N(CC)CC)O1. The second-order valence-corrected chi connectivity index (χ2v) is 4.90. The molecule has 0 radical (unpaired) electrons. The molecule has 1 aromatic carbocycles. The molecule has 0 N–H and O–H groups in total. The van der Waals surface area contributed by atoms with Gasteiger partial charge >= 0.3 is 0 Å². The van der Waals surface area contributed by atoms with E-state index >= 15 is 0 Å². The molecule has 2 atom stereocenters. The van der Waals surface area contributed by atoms with Crippen molar-refractivity contribution in [3.8, 4) is 11.5 Å². The summed E-state index contributed by atoms with van der Waals surface area (Å²) in [6.07, 6.45) is -0.903. The number of rotatable bonds is 6. The minimum atomic E-state index is -0.452. The summed E-state index contributed by atoms with van der Waals surface area (Å²) < 4.78 is 18.1. The Hall–Kier alpha value is -1.30. The van der Waals surface area contributed by atoms with Crippen LogP contribution in [0.5, 0.6) is 11.5 Å². The molecule has 0 amide bonds. The number of benzene rings is 1. The van der Waals surface area contributed by atoms with Crippen LogP contribution in [0.1, 0.15) is 27.7 Å². The van der Waals surface area contributed by atoms with Crippen molar-refractivity contribution in [2.24, 2.45) is 0 Å². The van der Waals surface area contributed by atoms with Crippen LogP contribution >= 0.6 is 0 Å². The van der Waals surface area contributed by atoms with E-state index in [0.717, 1.165) is 37.7 Å². The fourth-order valence-corrected chi connectivity index (χ4v) is 2.35. The van der Waals surface area contributed by atoms with Gasteiger partial charge < -0.3 is 9.47 Å². The van der Waals surface area contributed by atoms with Crippen LogP contribution in [0.3, 0.4) is 0 Å². The monoisotopic (exact) mass is 294 g/mol. The summed E-state index contributed by atoms with van der Waals surface area (Å²) in [6, 6.07) is 7.67. The summed E-state index contributed by atoms with van der Waals surface area (Å²) >= 11 is 0. The Kier molecular flexibility index (Phi) is 5.85. The highest BCUT2D eigenvalue weighted by atomic mass is 16.8. The van der Waals surface area contributed by atoms with E-state index in [1.54, 1.807) is 0 Å². The molecule has 118 valence electrons. The molecular weight excluding hydrogens is 268 g/mol. The smallest absolute Gasteiger partial charge is 0.266 e. The number of nitrogens with zero attached hydrogens (tertiary/aromatic N) is 2. The lowest BCUT2D eigenvalue weighted by Gasteiger charge is -2.35. The largest absolute Gasteiger partial charge is 0.451 e. The van der Waals surface area contributed by atoms with Crippen LogP contribution in [-0.2, 0) is 4.74 Å². The zero-order valence-electron chi connectivity index (χ0n) is 13.4. The molecule has 2 aliphatic heterocycles. The minimum absolute atomic E-state index is 0.452. The Labute approximate surface area is 127 Å². The zero-order chi connectivity index (χ0) is 15.2. The van der Waals surface area contributed by atoms with Crippen molar-refractivity contribution in [2.75, 3.05) is 26.2 Å². The Balaban J connectivity index is 2.26. The topological polar surface area (TPSA) is 34.2 Å². The second kappa shape index (κ2) is 7.64. The fraction of sp³-hybridized carbons (Fsp3) is 0.625. The lowest BCUT2D eigenvalue weighted by Crippen LogP contribution is -2.50. The normalized spacial score (nSPS) is 21.6. The highest BCUT2D eigenvalue weighted by Crippen LogP contribution is 2.25. The van der Waals surface area contributed by atoms with Crippen LogP contribution in [0, 0.1) is 0 Å². The number of hydrogen-bond acceptors (Lipinski definition) is 5. The highest BCUT2D eigenvalue weighted by molar-refractivity contribution is 5.31. The highest BCUT2D eigenvalue weighted by Gasteiger charge is 2.28. The van der Waals surface area contributed by atoms with E-state index in [0.29, 0.717) is 0 Å². The first kappa shape index (κ1) is 16.1. The molecule has 3 rings (SSSR count). The average molecular weight is 294 g/mol. The maximum absolute atomic E-state index is 6.13. The van der Waals surface area contributed by atoms with Gasteiger partial charge in [-0.1, -0.05) is 27.7 Å². The van der Waals surface area contributed by atoms with Crippen LogP contribution in [0.2, 0.25) is 0 Å². The molecule has 5 heteroatoms. The Morgan fingerprint density at radius 3 is 1.33 bits per heavy atom. The zero-order valence-corrected chi connectivity index (χ0v) is 13.4. The van der Waals surface area contributed by atoms with Gasteiger partial charge in [-0.05, 0) is 24.3 Å². The van der Waals surface area contributed by atoms with Crippen molar-refractivity contribution in [1.82, 2.24) is 9.80 Å². The van der Waals surface area contributed by atoms with E-state index in [1.807, 2.05) is 24.3 Å². The van der Waals surface area contributed by atoms with Crippen LogP contribution in [0.15, 0.2) is 24.3 Å². The molecule has 0 saturated carbocycles. The van der Waals surface area contributed by atoms with Crippen molar-refractivity contribution in [3.05, 3.63) is 24.3 Å². The summed E-state index contributed by atoms with van der Waals surface area (Å²) in [7, 11) is 0. The van der Waals surface area contributed by atoms with Gasteiger partial charge in [0, 0.05) is 26.2 Å². The van der Waals surface area contributed by atoms with Crippen LogP contribution in [0.4, 0.5) is 0 Å². The molecule has 0 fully saturated rings. The molecule has 2 unspecified atom stereocenters.